The molecule has 0 unspecified atom stereocenters. The fourth-order valence-electron chi connectivity index (χ4n) is 2.02. The number of thioether (sulfide) groups is 1. The first-order chi connectivity index (χ1) is 11.7. The lowest BCUT2D eigenvalue weighted by atomic mass is 10.2. The number of benzene rings is 2. The van der Waals surface area contributed by atoms with E-state index in [1.807, 2.05) is 66.4 Å². The first kappa shape index (κ1) is 16.6. The summed E-state index contributed by atoms with van der Waals surface area (Å²) in [6.07, 6.45) is 3.68. The molecule has 0 spiro atoms. The molecule has 24 heavy (non-hydrogen) atoms. The summed E-state index contributed by atoms with van der Waals surface area (Å²) in [5.74, 6) is -0.114. The highest BCUT2D eigenvalue weighted by Gasteiger charge is 2.07. The first-order valence-electron chi connectivity index (χ1n) is 7.23. The third kappa shape index (κ3) is 3.98. The van der Waals surface area contributed by atoms with Crippen molar-refractivity contribution in [1.82, 2.24) is 14.8 Å². The van der Waals surface area contributed by atoms with Gasteiger partial charge in [-0.15, -0.1) is 22.0 Å². The Balaban J connectivity index is 1.65. The topological polar surface area (TPSA) is 59.8 Å². The minimum absolute atomic E-state index is 0.114. The summed E-state index contributed by atoms with van der Waals surface area (Å²) in [7, 11) is 1.90. The van der Waals surface area contributed by atoms with E-state index in [1.54, 1.807) is 18.1 Å². The third-order valence-corrected chi connectivity index (χ3v) is 5.15. The molecule has 0 saturated heterocycles. The number of aromatic nitrogens is 3. The van der Waals surface area contributed by atoms with Crippen molar-refractivity contribution in [3.05, 3.63) is 60.4 Å². The van der Waals surface area contributed by atoms with E-state index in [1.165, 1.54) is 11.8 Å². The number of nitrogens with zero attached hydrogens (tertiary/aromatic N) is 3. The van der Waals surface area contributed by atoms with Crippen LogP contribution in [0.25, 0.3) is 0 Å². The van der Waals surface area contributed by atoms with Gasteiger partial charge in [-0.05, 0) is 66.5 Å². The van der Waals surface area contributed by atoms with Gasteiger partial charge in [0.05, 0.1) is 0 Å². The van der Waals surface area contributed by atoms with Crippen molar-refractivity contribution in [2.24, 2.45) is 7.05 Å². The van der Waals surface area contributed by atoms with Crippen LogP contribution in [0, 0.1) is 0 Å². The summed E-state index contributed by atoms with van der Waals surface area (Å²) < 4.78 is 1.86. The molecule has 1 amide bonds. The van der Waals surface area contributed by atoms with Crippen LogP contribution in [0.1, 0.15) is 10.4 Å². The summed E-state index contributed by atoms with van der Waals surface area (Å²) in [5, 5.41) is 11.6. The monoisotopic (exact) mass is 356 g/mol. The minimum Gasteiger partial charge on any atom is -0.322 e. The molecule has 122 valence electrons. The molecular weight excluding hydrogens is 340 g/mol. The minimum atomic E-state index is -0.114. The van der Waals surface area contributed by atoms with Crippen LogP contribution in [0.3, 0.4) is 0 Å². The van der Waals surface area contributed by atoms with Crippen molar-refractivity contribution in [2.45, 2.75) is 14.9 Å². The van der Waals surface area contributed by atoms with Crippen LogP contribution in [0.4, 0.5) is 5.69 Å². The zero-order valence-corrected chi connectivity index (χ0v) is 14.9. The standard InChI is InChI=1S/C17H16N4OS2/c1-21-11-18-20-17(21)24-15-9-5-13(6-10-15)19-16(22)12-3-7-14(23-2)8-4-12/h3-11H,1-2H3,(H,19,22). The Morgan fingerprint density at radius 2 is 1.71 bits per heavy atom. The van der Waals surface area contributed by atoms with E-state index in [4.69, 9.17) is 0 Å². The number of nitrogens with one attached hydrogen (secondary N) is 1. The van der Waals surface area contributed by atoms with Crippen molar-refractivity contribution in [1.29, 1.82) is 0 Å². The molecule has 0 bridgehead atoms. The van der Waals surface area contributed by atoms with Crippen LogP contribution in [-0.2, 0) is 7.05 Å². The van der Waals surface area contributed by atoms with Gasteiger partial charge >= 0.3 is 0 Å². The molecule has 0 fully saturated rings. The maximum absolute atomic E-state index is 12.3. The second-order valence-electron chi connectivity index (χ2n) is 5.03. The molecule has 0 radical (unpaired) electrons. The molecule has 5 nitrogen and oxygen atoms in total. The average molecular weight is 356 g/mol. The Bertz CT molecular complexity index is 829. The van der Waals surface area contributed by atoms with Gasteiger partial charge in [-0.2, -0.15) is 0 Å². The predicted octanol–water partition coefficient (Wildman–Crippen LogP) is 3.94. The summed E-state index contributed by atoms with van der Waals surface area (Å²) >= 11 is 3.18. The third-order valence-electron chi connectivity index (χ3n) is 3.34. The largest absolute Gasteiger partial charge is 0.322 e. The maximum atomic E-state index is 12.3. The molecule has 0 aliphatic rings. The van der Waals surface area contributed by atoms with Gasteiger partial charge < -0.3 is 9.88 Å². The summed E-state index contributed by atoms with van der Waals surface area (Å²) in [6, 6.07) is 15.2. The van der Waals surface area contributed by atoms with Crippen LogP contribution in [0.15, 0.2) is 69.8 Å². The van der Waals surface area contributed by atoms with Crippen LogP contribution in [0.5, 0.6) is 0 Å². The molecule has 1 aromatic heterocycles. The molecule has 2 aromatic carbocycles. The van der Waals surface area contributed by atoms with Gasteiger partial charge in [-0.3, -0.25) is 4.79 Å². The molecule has 7 heteroatoms. The fraction of sp³-hybridized carbons (Fsp3) is 0.118. The van der Waals surface area contributed by atoms with E-state index >= 15 is 0 Å². The van der Waals surface area contributed by atoms with Crippen molar-refractivity contribution < 1.29 is 4.79 Å². The van der Waals surface area contributed by atoms with E-state index in [2.05, 4.69) is 15.5 Å². The smallest absolute Gasteiger partial charge is 0.255 e. The molecule has 3 rings (SSSR count). The second kappa shape index (κ2) is 7.55. The molecule has 0 saturated carbocycles. The Labute approximate surface area is 148 Å². The van der Waals surface area contributed by atoms with Gasteiger partial charge in [0.25, 0.3) is 5.91 Å². The van der Waals surface area contributed by atoms with Crippen LogP contribution in [-0.4, -0.2) is 26.9 Å². The Morgan fingerprint density at radius 3 is 2.29 bits per heavy atom. The van der Waals surface area contributed by atoms with Crippen LogP contribution in [0.2, 0.25) is 0 Å². The average Bonchev–Trinajstić information content (AvgIpc) is 3.01. The van der Waals surface area contributed by atoms with E-state index < -0.39 is 0 Å². The number of rotatable bonds is 5. The maximum Gasteiger partial charge on any atom is 0.255 e. The van der Waals surface area contributed by atoms with Gasteiger partial charge in [0.1, 0.15) is 6.33 Å². The van der Waals surface area contributed by atoms with Gasteiger partial charge in [0.15, 0.2) is 5.16 Å². The van der Waals surface area contributed by atoms with Crippen molar-refractivity contribution in [3.63, 3.8) is 0 Å². The Morgan fingerprint density at radius 1 is 1.04 bits per heavy atom. The highest BCUT2D eigenvalue weighted by molar-refractivity contribution is 7.99. The van der Waals surface area contributed by atoms with Crippen molar-refractivity contribution in [2.75, 3.05) is 11.6 Å². The Kier molecular flexibility index (Phi) is 5.22. The molecule has 3 aromatic rings. The SMILES string of the molecule is CSc1ccc(C(=O)Nc2ccc(Sc3nncn3C)cc2)cc1. The highest BCUT2D eigenvalue weighted by Crippen LogP contribution is 2.26. The zero-order valence-electron chi connectivity index (χ0n) is 13.3. The van der Waals surface area contributed by atoms with Crippen LogP contribution < -0.4 is 5.32 Å². The van der Waals surface area contributed by atoms with Gasteiger partial charge in [0, 0.05) is 28.1 Å². The number of carbonyl (C=O) groups is 1. The van der Waals surface area contributed by atoms with Crippen LogP contribution >= 0.6 is 23.5 Å². The highest BCUT2D eigenvalue weighted by atomic mass is 32.2. The lowest BCUT2D eigenvalue weighted by molar-refractivity contribution is 0.102. The molecule has 1 N–H and O–H groups in total. The molecule has 0 aliphatic heterocycles. The number of carbonyl (C=O) groups excluding carboxylic acids is 1. The predicted molar refractivity (Wildman–Crippen MR) is 97.7 cm³/mol. The van der Waals surface area contributed by atoms with Gasteiger partial charge in [-0.25, -0.2) is 0 Å². The number of amides is 1. The summed E-state index contributed by atoms with van der Waals surface area (Å²) in [4.78, 5) is 14.4. The number of hydrogen-bond donors (Lipinski definition) is 1. The Hall–Kier alpha value is -2.25. The van der Waals surface area contributed by atoms with E-state index in [0.29, 0.717) is 5.56 Å². The number of anilines is 1. The van der Waals surface area contributed by atoms with Crippen molar-refractivity contribution >= 4 is 35.1 Å². The summed E-state index contributed by atoms with van der Waals surface area (Å²) in [5.41, 5.74) is 1.40. The zero-order chi connectivity index (χ0) is 16.9. The lowest BCUT2D eigenvalue weighted by Gasteiger charge is -2.07. The number of hydrogen-bond acceptors (Lipinski definition) is 5. The van der Waals surface area contributed by atoms with Gasteiger partial charge in [-0.1, -0.05) is 0 Å². The van der Waals surface area contributed by atoms with Gasteiger partial charge in [0.2, 0.25) is 0 Å². The normalized spacial score (nSPS) is 10.6. The van der Waals surface area contributed by atoms with Crippen molar-refractivity contribution in [3.8, 4) is 0 Å². The number of aryl methyl sites for hydroxylation is 1. The molecule has 0 aliphatic carbocycles. The molecular formula is C17H16N4OS2. The first-order valence-corrected chi connectivity index (χ1v) is 9.27. The van der Waals surface area contributed by atoms with E-state index in [9.17, 15) is 4.79 Å². The molecule has 0 atom stereocenters. The van der Waals surface area contributed by atoms with E-state index in [-0.39, 0.29) is 5.91 Å². The molecule has 1 heterocycles. The lowest BCUT2D eigenvalue weighted by Crippen LogP contribution is -2.11. The fourth-order valence-corrected chi connectivity index (χ4v) is 3.19. The van der Waals surface area contributed by atoms with E-state index in [0.717, 1.165) is 20.6 Å². The quantitative estimate of drug-likeness (QED) is 0.702. The summed E-state index contributed by atoms with van der Waals surface area (Å²) in [6.45, 7) is 0. The second-order valence-corrected chi connectivity index (χ2v) is 6.95.